The minimum absolute atomic E-state index is 0.0520. The van der Waals surface area contributed by atoms with Gasteiger partial charge in [-0.15, -0.1) is 0 Å². The Bertz CT molecular complexity index is 1060. The van der Waals surface area contributed by atoms with Crippen LogP contribution >= 0.6 is 27.7 Å². The second-order valence-corrected chi connectivity index (χ2v) is 10.2. The van der Waals surface area contributed by atoms with E-state index in [1.807, 2.05) is 24.3 Å². The van der Waals surface area contributed by atoms with Gasteiger partial charge in [0, 0.05) is 33.3 Å². The van der Waals surface area contributed by atoms with Gasteiger partial charge >= 0.3 is 0 Å². The van der Waals surface area contributed by atoms with Crippen LogP contribution in [0, 0.1) is 5.92 Å². The van der Waals surface area contributed by atoms with Gasteiger partial charge in [-0.25, -0.2) is 4.99 Å². The number of nitrogens with two attached hydrogens (primary N) is 1. The average molecular weight is 502 g/mol. The highest BCUT2D eigenvalue weighted by Gasteiger charge is 2.54. The molecule has 1 fully saturated rings. The van der Waals surface area contributed by atoms with Gasteiger partial charge in [-0.2, -0.15) is 0 Å². The first-order chi connectivity index (χ1) is 15.0. The Hall–Kier alpha value is -2.19. The first-order valence-corrected chi connectivity index (χ1v) is 12.2. The number of benzene rings is 2. The van der Waals surface area contributed by atoms with E-state index in [2.05, 4.69) is 27.3 Å². The van der Waals surface area contributed by atoms with Crippen molar-refractivity contribution < 1.29 is 14.3 Å². The van der Waals surface area contributed by atoms with Crippen LogP contribution in [0.15, 0.2) is 51.9 Å². The largest absolute Gasteiger partial charge is 0.497 e. The minimum Gasteiger partial charge on any atom is -0.497 e. The number of carbonyl (C=O) groups excluding carboxylic acids is 1. The molecule has 2 aliphatic heterocycles. The molecule has 0 bridgehead atoms. The second-order valence-electron chi connectivity index (χ2n) is 8.28. The highest BCUT2D eigenvalue weighted by atomic mass is 79.9. The number of nitrogens with one attached hydrogen (secondary N) is 1. The topological polar surface area (TPSA) is 85.9 Å². The summed E-state index contributed by atoms with van der Waals surface area (Å²) in [6.07, 6.45) is 2.59. The molecule has 0 radical (unpaired) electrons. The van der Waals surface area contributed by atoms with Crippen LogP contribution in [0.3, 0.4) is 0 Å². The molecule has 6 nitrogen and oxygen atoms in total. The van der Waals surface area contributed by atoms with Crippen molar-refractivity contribution in [3.8, 4) is 11.5 Å². The molecule has 5 rings (SSSR count). The zero-order valence-electron chi connectivity index (χ0n) is 17.1. The zero-order chi connectivity index (χ0) is 21.6. The van der Waals surface area contributed by atoms with E-state index in [4.69, 9.17) is 20.2 Å². The fraction of sp³-hybridized carbons (Fsp3) is 0.391. The number of nitrogens with zero attached hydrogens (tertiary/aromatic N) is 1. The Kier molecular flexibility index (Phi) is 5.38. The van der Waals surface area contributed by atoms with Gasteiger partial charge in [-0.05, 0) is 55.7 Å². The van der Waals surface area contributed by atoms with Crippen molar-refractivity contribution in [3.05, 3.63) is 58.1 Å². The van der Waals surface area contributed by atoms with Gasteiger partial charge in [0.2, 0.25) is 0 Å². The summed E-state index contributed by atoms with van der Waals surface area (Å²) in [4.78, 5) is 17.9. The Labute approximate surface area is 194 Å². The highest BCUT2D eigenvalue weighted by Crippen LogP contribution is 2.54. The van der Waals surface area contributed by atoms with Gasteiger partial charge in [0.1, 0.15) is 23.1 Å². The third-order valence-corrected chi connectivity index (χ3v) is 7.97. The van der Waals surface area contributed by atoms with Crippen LogP contribution < -0.4 is 20.5 Å². The smallest absolute Gasteiger partial charge is 0.251 e. The number of amides is 1. The number of hydrogen-bond donors (Lipinski definition) is 2. The van der Waals surface area contributed by atoms with E-state index >= 15 is 0 Å². The van der Waals surface area contributed by atoms with Gasteiger partial charge in [-0.3, -0.25) is 4.79 Å². The molecule has 3 unspecified atom stereocenters. The molecule has 3 aliphatic rings. The Morgan fingerprint density at radius 3 is 2.97 bits per heavy atom. The van der Waals surface area contributed by atoms with Crippen LogP contribution in [0.2, 0.25) is 0 Å². The van der Waals surface area contributed by atoms with Crippen molar-refractivity contribution in [2.75, 3.05) is 12.9 Å². The zero-order valence-corrected chi connectivity index (χ0v) is 19.5. The lowest BCUT2D eigenvalue weighted by molar-refractivity contribution is 0.0155. The van der Waals surface area contributed by atoms with Crippen molar-refractivity contribution in [3.63, 3.8) is 0 Å². The number of methoxy groups -OCH3 is 1. The number of hydrogen-bond acceptors (Lipinski definition) is 6. The normalized spacial score (nSPS) is 28.8. The maximum atomic E-state index is 12.9. The molecule has 1 aliphatic carbocycles. The second kappa shape index (κ2) is 8.06. The van der Waals surface area contributed by atoms with Crippen molar-refractivity contribution in [2.45, 2.75) is 36.9 Å². The molecule has 31 heavy (non-hydrogen) atoms. The molecule has 3 N–H and O–H groups in total. The molecule has 1 saturated carbocycles. The number of amidine groups is 1. The Balaban J connectivity index is 1.42. The van der Waals surface area contributed by atoms with E-state index in [0.717, 1.165) is 40.8 Å². The average Bonchev–Trinajstić information content (AvgIpc) is 3.17. The summed E-state index contributed by atoms with van der Waals surface area (Å²) in [5, 5.41) is 3.85. The molecule has 1 amide bonds. The lowest BCUT2D eigenvalue weighted by Gasteiger charge is -2.48. The third-order valence-electron chi connectivity index (χ3n) is 6.50. The molecular formula is C23H24BrN3O3S. The summed E-state index contributed by atoms with van der Waals surface area (Å²) in [5.41, 5.74) is 7.41. The van der Waals surface area contributed by atoms with E-state index in [1.165, 1.54) is 0 Å². The number of rotatable bonds is 3. The van der Waals surface area contributed by atoms with Gasteiger partial charge in [0.15, 0.2) is 5.17 Å². The summed E-state index contributed by atoms with van der Waals surface area (Å²) in [6, 6.07) is 13.4. The number of ether oxygens (including phenoxy) is 2. The van der Waals surface area contributed by atoms with E-state index in [0.29, 0.717) is 16.5 Å². The number of aliphatic imine (C=N–C) groups is 1. The molecule has 2 aromatic carbocycles. The van der Waals surface area contributed by atoms with Crippen LogP contribution in [0.4, 0.5) is 0 Å². The van der Waals surface area contributed by atoms with Crippen LogP contribution in [0.1, 0.15) is 35.2 Å². The molecule has 2 aromatic rings. The molecule has 162 valence electrons. The molecule has 0 saturated heterocycles. The van der Waals surface area contributed by atoms with E-state index in [-0.39, 0.29) is 24.0 Å². The van der Waals surface area contributed by atoms with Crippen LogP contribution in [0.5, 0.6) is 11.5 Å². The summed E-state index contributed by atoms with van der Waals surface area (Å²) in [7, 11) is 1.60. The standard InChI is InChI=1S/C23H24BrN3O3S/c1-29-16-4-2-3-13(9-16)21(28)26-15-6-8-20-18(11-15)23(12-31-22(25)27-23)17-10-14(24)5-7-19(17)30-20/h2-5,7,9-10,15,18,20H,6,8,11-12H2,1H3,(H2,25,27)(H,26,28)/t15?,18-,20?,23?/m0/s1. The predicted molar refractivity (Wildman–Crippen MR) is 126 cm³/mol. The Morgan fingerprint density at radius 2 is 2.19 bits per heavy atom. The summed E-state index contributed by atoms with van der Waals surface area (Å²) >= 11 is 5.20. The van der Waals surface area contributed by atoms with Crippen molar-refractivity contribution >= 4 is 38.8 Å². The highest BCUT2D eigenvalue weighted by molar-refractivity contribution is 9.10. The SMILES string of the molecule is COc1cccc(C(=O)NC2CCC3Oc4ccc(Br)cc4C4(CSC(N)=N4)[C@H]3C2)c1. The molecule has 1 spiro atoms. The van der Waals surface area contributed by atoms with Crippen molar-refractivity contribution in [1.82, 2.24) is 5.32 Å². The summed E-state index contributed by atoms with van der Waals surface area (Å²) in [6.45, 7) is 0. The van der Waals surface area contributed by atoms with Crippen LogP contribution in [0.25, 0.3) is 0 Å². The van der Waals surface area contributed by atoms with Gasteiger partial charge < -0.3 is 20.5 Å². The lowest BCUT2D eigenvalue weighted by atomic mass is 9.67. The number of carbonyl (C=O) groups is 1. The Morgan fingerprint density at radius 1 is 1.32 bits per heavy atom. The first-order valence-electron chi connectivity index (χ1n) is 10.4. The first kappa shape index (κ1) is 20.7. The summed E-state index contributed by atoms with van der Waals surface area (Å²) in [5.74, 6) is 2.42. The molecular weight excluding hydrogens is 478 g/mol. The molecule has 8 heteroatoms. The minimum atomic E-state index is -0.420. The van der Waals surface area contributed by atoms with Crippen molar-refractivity contribution in [2.24, 2.45) is 16.6 Å². The van der Waals surface area contributed by atoms with Crippen molar-refractivity contribution in [1.29, 1.82) is 0 Å². The quantitative estimate of drug-likeness (QED) is 0.661. The monoisotopic (exact) mass is 501 g/mol. The number of fused-ring (bicyclic) bond motifs is 4. The van der Waals surface area contributed by atoms with Crippen LogP contribution in [-0.4, -0.2) is 36.1 Å². The molecule has 4 atom stereocenters. The summed E-state index contributed by atoms with van der Waals surface area (Å²) < 4.78 is 12.7. The fourth-order valence-corrected chi connectivity index (χ4v) is 6.42. The van der Waals surface area contributed by atoms with E-state index in [9.17, 15) is 4.79 Å². The maximum absolute atomic E-state index is 12.9. The molecule has 2 heterocycles. The van der Waals surface area contributed by atoms with Gasteiger partial charge in [0.05, 0.1) is 7.11 Å². The van der Waals surface area contributed by atoms with Gasteiger partial charge in [0.25, 0.3) is 5.91 Å². The van der Waals surface area contributed by atoms with Crippen LogP contribution in [-0.2, 0) is 5.54 Å². The maximum Gasteiger partial charge on any atom is 0.251 e. The van der Waals surface area contributed by atoms with Gasteiger partial charge in [-0.1, -0.05) is 33.8 Å². The molecule has 0 aromatic heterocycles. The van der Waals surface area contributed by atoms with E-state index in [1.54, 1.807) is 31.0 Å². The number of thioether (sulfide) groups is 1. The lowest BCUT2D eigenvalue weighted by Crippen LogP contribution is -2.54. The van der Waals surface area contributed by atoms with E-state index < -0.39 is 5.54 Å². The third kappa shape index (κ3) is 3.69. The fourth-order valence-electron chi connectivity index (χ4n) is 5.03. The number of halogens is 1. The predicted octanol–water partition coefficient (Wildman–Crippen LogP) is 4.07.